The van der Waals surface area contributed by atoms with Crippen LogP contribution >= 0.6 is 0 Å². The zero-order chi connectivity index (χ0) is 14.3. The molecule has 1 aromatic heterocycles. The zero-order valence-corrected chi connectivity index (χ0v) is 12.0. The van der Waals surface area contributed by atoms with Crippen molar-refractivity contribution in [3.8, 4) is 6.07 Å². The Bertz CT molecular complexity index is 704. The van der Waals surface area contributed by atoms with Crippen LogP contribution in [-0.2, 0) is 12.8 Å². The van der Waals surface area contributed by atoms with Gasteiger partial charge in [0.05, 0.1) is 5.56 Å². The normalized spacial score (nSPS) is 17.6. The molecule has 3 heteroatoms. The summed E-state index contributed by atoms with van der Waals surface area (Å²) in [5.41, 5.74) is 11.9. The minimum Gasteiger partial charge on any atom is -0.384 e. The summed E-state index contributed by atoms with van der Waals surface area (Å²) in [7, 11) is 0. The summed E-state index contributed by atoms with van der Waals surface area (Å²) in [5, 5.41) is 9.25. The standard InChI is InChI=1S/C17H19N3/c1-11-12(2)20(17(19)16(11)10-18)15-8-7-13-5-3-4-6-14(13)9-15/h3-6,15H,7-9,19H2,1-2H3. The first kappa shape index (κ1) is 12.8. The predicted octanol–water partition coefficient (Wildman–Crippen LogP) is 3.29. The van der Waals surface area contributed by atoms with Crippen molar-refractivity contribution in [1.29, 1.82) is 5.26 Å². The molecule has 0 spiro atoms. The molecule has 1 heterocycles. The van der Waals surface area contributed by atoms with Crippen LogP contribution in [-0.4, -0.2) is 4.57 Å². The second-order valence-electron chi connectivity index (χ2n) is 5.62. The van der Waals surface area contributed by atoms with Gasteiger partial charge >= 0.3 is 0 Å². The molecule has 0 fully saturated rings. The number of rotatable bonds is 1. The van der Waals surface area contributed by atoms with E-state index in [1.807, 2.05) is 6.92 Å². The Morgan fingerprint density at radius 3 is 2.60 bits per heavy atom. The van der Waals surface area contributed by atoms with Crippen LogP contribution in [0.15, 0.2) is 24.3 Å². The van der Waals surface area contributed by atoms with Gasteiger partial charge in [0.25, 0.3) is 0 Å². The Labute approximate surface area is 119 Å². The van der Waals surface area contributed by atoms with Crippen LogP contribution in [0.4, 0.5) is 5.82 Å². The summed E-state index contributed by atoms with van der Waals surface area (Å²) in [6, 6.07) is 11.2. The fraction of sp³-hybridized carbons (Fsp3) is 0.353. The number of fused-ring (bicyclic) bond motifs is 1. The number of hydrogen-bond donors (Lipinski definition) is 1. The fourth-order valence-corrected chi connectivity index (χ4v) is 3.37. The maximum Gasteiger partial charge on any atom is 0.122 e. The molecule has 0 saturated carbocycles. The Kier molecular flexibility index (Phi) is 3.02. The Morgan fingerprint density at radius 1 is 1.25 bits per heavy atom. The van der Waals surface area contributed by atoms with Gasteiger partial charge in [0.1, 0.15) is 11.9 Å². The molecular weight excluding hydrogens is 246 g/mol. The first-order chi connectivity index (χ1) is 9.63. The van der Waals surface area contributed by atoms with Crippen molar-refractivity contribution in [2.45, 2.75) is 39.2 Å². The van der Waals surface area contributed by atoms with E-state index in [2.05, 4.69) is 41.8 Å². The second kappa shape index (κ2) is 4.72. The van der Waals surface area contributed by atoms with Gasteiger partial charge in [-0.1, -0.05) is 24.3 Å². The van der Waals surface area contributed by atoms with Crippen LogP contribution in [0.25, 0.3) is 0 Å². The molecule has 0 saturated heterocycles. The number of aromatic nitrogens is 1. The van der Waals surface area contributed by atoms with Crippen molar-refractivity contribution in [3.05, 3.63) is 52.2 Å². The summed E-state index contributed by atoms with van der Waals surface area (Å²) in [4.78, 5) is 0. The molecular formula is C17H19N3. The van der Waals surface area contributed by atoms with E-state index in [0.717, 1.165) is 30.5 Å². The second-order valence-corrected chi connectivity index (χ2v) is 5.62. The zero-order valence-electron chi connectivity index (χ0n) is 12.0. The Hall–Kier alpha value is -2.21. The van der Waals surface area contributed by atoms with E-state index in [1.165, 1.54) is 11.1 Å². The highest BCUT2D eigenvalue weighted by molar-refractivity contribution is 5.58. The molecule has 0 radical (unpaired) electrons. The number of nitriles is 1. The van der Waals surface area contributed by atoms with Crippen molar-refractivity contribution in [2.24, 2.45) is 0 Å². The molecule has 3 nitrogen and oxygen atoms in total. The molecule has 20 heavy (non-hydrogen) atoms. The predicted molar refractivity (Wildman–Crippen MR) is 80.5 cm³/mol. The van der Waals surface area contributed by atoms with Crippen LogP contribution < -0.4 is 5.73 Å². The van der Waals surface area contributed by atoms with E-state index in [0.29, 0.717) is 17.4 Å². The number of nitrogen functional groups attached to an aromatic ring is 1. The molecule has 0 bridgehead atoms. The quantitative estimate of drug-likeness (QED) is 0.860. The number of hydrogen-bond acceptors (Lipinski definition) is 2. The molecule has 0 aliphatic heterocycles. The fourth-order valence-electron chi connectivity index (χ4n) is 3.37. The molecule has 2 N–H and O–H groups in total. The van der Waals surface area contributed by atoms with E-state index < -0.39 is 0 Å². The van der Waals surface area contributed by atoms with Gasteiger partial charge in [-0.2, -0.15) is 5.26 Å². The lowest BCUT2D eigenvalue weighted by Crippen LogP contribution is -2.21. The molecule has 1 aromatic carbocycles. The van der Waals surface area contributed by atoms with Crippen LogP contribution in [0.3, 0.4) is 0 Å². The average molecular weight is 265 g/mol. The monoisotopic (exact) mass is 265 g/mol. The Balaban J connectivity index is 2.03. The van der Waals surface area contributed by atoms with Crippen LogP contribution in [0.1, 0.15) is 40.4 Å². The van der Waals surface area contributed by atoms with Gasteiger partial charge < -0.3 is 10.3 Å². The minimum atomic E-state index is 0.366. The van der Waals surface area contributed by atoms with Crippen molar-refractivity contribution >= 4 is 5.82 Å². The molecule has 1 atom stereocenters. The highest BCUT2D eigenvalue weighted by Gasteiger charge is 2.25. The molecule has 1 aliphatic rings. The number of anilines is 1. The third-order valence-corrected chi connectivity index (χ3v) is 4.59. The number of nitrogens with two attached hydrogens (primary N) is 1. The average Bonchev–Trinajstić information content (AvgIpc) is 2.68. The lowest BCUT2D eigenvalue weighted by Gasteiger charge is -2.28. The van der Waals surface area contributed by atoms with Crippen LogP contribution in [0.2, 0.25) is 0 Å². The van der Waals surface area contributed by atoms with E-state index in [1.54, 1.807) is 0 Å². The lowest BCUT2D eigenvalue weighted by atomic mass is 9.88. The maximum absolute atomic E-state index is 9.25. The number of nitrogens with zero attached hydrogens (tertiary/aromatic N) is 2. The molecule has 3 rings (SSSR count). The first-order valence-electron chi connectivity index (χ1n) is 7.07. The van der Waals surface area contributed by atoms with Gasteiger partial charge in [0.2, 0.25) is 0 Å². The summed E-state index contributed by atoms with van der Waals surface area (Å²) in [6.45, 7) is 4.05. The largest absolute Gasteiger partial charge is 0.384 e. The maximum atomic E-state index is 9.25. The van der Waals surface area contributed by atoms with Gasteiger partial charge in [0.15, 0.2) is 0 Å². The summed E-state index contributed by atoms with van der Waals surface area (Å²) in [5.74, 6) is 0.631. The lowest BCUT2D eigenvalue weighted by molar-refractivity contribution is 0.441. The smallest absolute Gasteiger partial charge is 0.122 e. The van der Waals surface area contributed by atoms with Crippen LogP contribution in [0, 0.1) is 25.2 Å². The molecule has 2 aromatic rings. The topological polar surface area (TPSA) is 54.7 Å². The third-order valence-electron chi connectivity index (χ3n) is 4.59. The Morgan fingerprint density at radius 2 is 1.95 bits per heavy atom. The van der Waals surface area contributed by atoms with Crippen molar-refractivity contribution in [1.82, 2.24) is 4.57 Å². The van der Waals surface area contributed by atoms with E-state index in [4.69, 9.17) is 5.73 Å². The number of aryl methyl sites for hydroxylation is 1. The molecule has 1 aliphatic carbocycles. The van der Waals surface area contributed by atoms with E-state index >= 15 is 0 Å². The molecule has 0 amide bonds. The van der Waals surface area contributed by atoms with E-state index in [-0.39, 0.29) is 0 Å². The van der Waals surface area contributed by atoms with E-state index in [9.17, 15) is 5.26 Å². The van der Waals surface area contributed by atoms with Crippen molar-refractivity contribution in [3.63, 3.8) is 0 Å². The third kappa shape index (κ3) is 1.80. The molecule has 1 unspecified atom stereocenters. The SMILES string of the molecule is Cc1c(C#N)c(N)n(C2CCc3ccccc3C2)c1C. The van der Waals surface area contributed by atoms with Gasteiger partial charge in [0, 0.05) is 11.7 Å². The number of benzene rings is 1. The van der Waals surface area contributed by atoms with Crippen LogP contribution in [0.5, 0.6) is 0 Å². The summed E-state index contributed by atoms with van der Waals surface area (Å²) in [6.07, 6.45) is 3.17. The van der Waals surface area contributed by atoms with Gasteiger partial charge in [-0.25, -0.2) is 0 Å². The highest BCUT2D eigenvalue weighted by atomic mass is 15.1. The van der Waals surface area contributed by atoms with Crippen molar-refractivity contribution < 1.29 is 0 Å². The first-order valence-corrected chi connectivity index (χ1v) is 7.07. The van der Waals surface area contributed by atoms with Gasteiger partial charge in [-0.15, -0.1) is 0 Å². The van der Waals surface area contributed by atoms with Gasteiger partial charge in [-0.05, 0) is 49.8 Å². The van der Waals surface area contributed by atoms with Crippen molar-refractivity contribution in [2.75, 3.05) is 5.73 Å². The summed E-state index contributed by atoms with van der Waals surface area (Å²) >= 11 is 0. The van der Waals surface area contributed by atoms with Gasteiger partial charge in [-0.3, -0.25) is 0 Å². The highest BCUT2D eigenvalue weighted by Crippen LogP contribution is 2.35. The summed E-state index contributed by atoms with van der Waals surface area (Å²) < 4.78 is 2.17. The molecule has 102 valence electrons. The minimum absolute atomic E-state index is 0.366.